The normalized spacial score (nSPS) is 14.7. The van der Waals surface area contributed by atoms with E-state index in [2.05, 4.69) is 20.2 Å². The minimum Gasteiger partial charge on any atom is -0.474 e. The number of hydrogen-bond acceptors (Lipinski definition) is 12. The maximum Gasteiger partial charge on any atom is 0.415 e. The van der Waals surface area contributed by atoms with Crippen molar-refractivity contribution in [2.45, 2.75) is 52.0 Å². The predicted octanol–water partition coefficient (Wildman–Crippen LogP) is 4.20. The summed E-state index contributed by atoms with van der Waals surface area (Å²) in [5, 5.41) is 3.23. The van der Waals surface area contributed by atoms with Crippen LogP contribution in [0.25, 0.3) is 0 Å². The molecule has 2 aromatic heterocycles. The number of pyridine rings is 1. The van der Waals surface area contributed by atoms with E-state index in [4.69, 9.17) is 23.9 Å². The first-order valence-electron chi connectivity index (χ1n) is 15.3. The molecule has 46 heavy (non-hydrogen) atoms. The standard InChI is InChI=1S/C32H42N6O7S/c1-22-27(19-33-29-28(22)38(12-13-44-29)31(39)45-32(2,3)4)37-11-10-24-18-34-30(36-26(24)20-37)35-25-8-6-23(7-9-25)21-46(40,41)17-16-43-15-14-42-5/h6-9,18-19H,10-17,20-21H2,1-5H3,(H,34,35,36). The molecule has 0 unspecified atom stereocenters. The number of benzene rings is 1. The number of aromatic nitrogens is 3. The van der Waals surface area contributed by atoms with Gasteiger partial charge < -0.3 is 29.2 Å². The first-order chi connectivity index (χ1) is 21.9. The molecule has 3 aromatic rings. The van der Waals surface area contributed by atoms with Gasteiger partial charge >= 0.3 is 6.09 Å². The van der Waals surface area contributed by atoms with Crippen LogP contribution in [0.3, 0.4) is 0 Å². The van der Waals surface area contributed by atoms with Crippen molar-refractivity contribution in [2.75, 3.05) is 67.5 Å². The van der Waals surface area contributed by atoms with Gasteiger partial charge in [0.05, 0.1) is 62.0 Å². The summed E-state index contributed by atoms with van der Waals surface area (Å²) < 4.78 is 46.6. The molecule has 13 nitrogen and oxygen atoms in total. The van der Waals surface area contributed by atoms with Gasteiger partial charge in [-0.2, -0.15) is 0 Å². The molecule has 0 radical (unpaired) electrons. The summed E-state index contributed by atoms with van der Waals surface area (Å²) in [5.74, 6) is 0.747. The Balaban J connectivity index is 1.25. The van der Waals surface area contributed by atoms with Crippen LogP contribution in [0.1, 0.15) is 43.2 Å². The molecule has 0 saturated heterocycles. The van der Waals surface area contributed by atoms with Crippen molar-refractivity contribution in [1.82, 2.24) is 15.0 Å². The van der Waals surface area contributed by atoms with E-state index in [1.54, 1.807) is 30.3 Å². The Bertz CT molecular complexity index is 1640. The zero-order valence-electron chi connectivity index (χ0n) is 27.0. The number of nitrogens with zero attached hydrogens (tertiary/aromatic N) is 5. The second kappa shape index (κ2) is 14.2. The fourth-order valence-corrected chi connectivity index (χ4v) is 6.50. The van der Waals surface area contributed by atoms with E-state index < -0.39 is 21.5 Å². The highest BCUT2D eigenvalue weighted by Crippen LogP contribution is 2.39. The fourth-order valence-electron chi connectivity index (χ4n) is 5.29. The van der Waals surface area contributed by atoms with Gasteiger partial charge in [0, 0.05) is 31.1 Å². The largest absolute Gasteiger partial charge is 0.474 e. The van der Waals surface area contributed by atoms with Crippen LogP contribution >= 0.6 is 0 Å². The molecule has 14 heteroatoms. The lowest BCUT2D eigenvalue weighted by Gasteiger charge is -2.35. The van der Waals surface area contributed by atoms with Crippen LogP contribution in [0.15, 0.2) is 36.7 Å². The number of ether oxygens (including phenoxy) is 4. The molecule has 0 spiro atoms. The zero-order valence-corrected chi connectivity index (χ0v) is 27.9. The van der Waals surface area contributed by atoms with Crippen LogP contribution in [0.4, 0.5) is 27.8 Å². The van der Waals surface area contributed by atoms with Gasteiger partial charge in [-0.25, -0.2) is 28.2 Å². The van der Waals surface area contributed by atoms with E-state index in [-0.39, 0.29) is 18.1 Å². The van der Waals surface area contributed by atoms with Gasteiger partial charge in [-0.3, -0.25) is 4.90 Å². The number of nitrogens with one attached hydrogen (secondary N) is 1. The van der Waals surface area contributed by atoms with Crippen LogP contribution in [0.5, 0.6) is 5.88 Å². The summed E-state index contributed by atoms with van der Waals surface area (Å²) in [6, 6.07) is 7.19. The third-order valence-electron chi connectivity index (χ3n) is 7.54. The Morgan fingerprint density at radius 3 is 2.59 bits per heavy atom. The van der Waals surface area contributed by atoms with Crippen molar-refractivity contribution < 1.29 is 32.2 Å². The molecule has 0 fully saturated rings. The summed E-state index contributed by atoms with van der Waals surface area (Å²) in [4.78, 5) is 30.7. The number of carbonyl (C=O) groups is 1. The highest BCUT2D eigenvalue weighted by molar-refractivity contribution is 7.90. The lowest BCUT2D eigenvalue weighted by molar-refractivity contribution is 0.0566. The summed E-state index contributed by atoms with van der Waals surface area (Å²) in [6.45, 7) is 10.4. The molecule has 0 bridgehead atoms. The SMILES string of the molecule is COCCOCCS(=O)(=O)Cc1ccc(Nc2ncc3c(n2)CN(c2cnc4c(c2C)N(C(=O)OC(C)(C)C)CCO4)CC3)cc1. The molecule has 2 aliphatic heterocycles. The molecule has 0 saturated carbocycles. The van der Waals surface area contributed by atoms with Crippen molar-refractivity contribution in [3.8, 4) is 5.88 Å². The van der Waals surface area contributed by atoms with Crippen molar-refractivity contribution >= 4 is 38.9 Å². The Hall–Kier alpha value is -4.01. The van der Waals surface area contributed by atoms with Gasteiger partial charge in [-0.1, -0.05) is 12.1 Å². The Morgan fingerprint density at radius 1 is 1.07 bits per heavy atom. The van der Waals surface area contributed by atoms with Crippen molar-refractivity contribution in [3.63, 3.8) is 0 Å². The van der Waals surface area contributed by atoms with E-state index in [1.807, 2.05) is 46.0 Å². The van der Waals surface area contributed by atoms with E-state index in [0.29, 0.717) is 56.0 Å². The minimum absolute atomic E-state index is 0.0481. The third-order valence-corrected chi connectivity index (χ3v) is 9.10. The summed E-state index contributed by atoms with van der Waals surface area (Å²) in [6.07, 6.45) is 3.95. The van der Waals surface area contributed by atoms with Crippen molar-refractivity contribution in [2.24, 2.45) is 0 Å². The summed E-state index contributed by atoms with van der Waals surface area (Å²) in [7, 11) is -1.74. The molecule has 248 valence electrons. The molecular formula is C32H42N6O7S. The molecule has 0 aliphatic carbocycles. The van der Waals surface area contributed by atoms with Gasteiger partial charge in [0.1, 0.15) is 17.9 Å². The smallest absolute Gasteiger partial charge is 0.415 e. The highest BCUT2D eigenvalue weighted by atomic mass is 32.2. The maximum absolute atomic E-state index is 13.1. The van der Waals surface area contributed by atoms with Crippen LogP contribution in [-0.4, -0.2) is 87.4 Å². The van der Waals surface area contributed by atoms with E-state index in [9.17, 15) is 13.2 Å². The number of hydrogen-bond donors (Lipinski definition) is 1. The number of anilines is 4. The zero-order chi connectivity index (χ0) is 32.9. The molecule has 4 heterocycles. The Labute approximate surface area is 270 Å². The number of rotatable bonds is 11. The van der Waals surface area contributed by atoms with Crippen LogP contribution in [-0.2, 0) is 42.8 Å². The number of methoxy groups -OCH3 is 1. The molecule has 2 aliphatic rings. The third kappa shape index (κ3) is 8.42. The quantitative estimate of drug-likeness (QED) is 0.296. The van der Waals surface area contributed by atoms with Crippen LogP contribution in [0, 0.1) is 6.92 Å². The average molecular weight is 655 g/mol. The van der Waals surface area contributed by atoms with E-state index in [1.165, 1.54) is 0 Å². The topological polar surface area (TPSA) is 145 Å². The van der Waals surface area contributed by atoms with Gasteiger partial charge in [-0.05, 0) is 57.4 Å². The number of fused-ring (bicyclic) bond motifs is 2. The van der Waals surface area contributed by atoms with Gasteiger partial charge in [0.25, 0.3) is 0 Å². The monoisotopic (exact) mass is 654 g/mol. The predicted molar refractivity (Wildman–Crippen MR) is 175 cm³/mol. The van der Waals surface area contributed by atoms with Gasteiger partial charge in [0.2, 0.25) is 11.8 Å². The molecular weight excluding hydrogens is 612 g/mol. The lowest BCUT2D eigenvalue weighted by Crippen LogP contribution is -2.42. The van der Waals surface area contributed by atoms with Crippen LogP contribution < -0.4 is 19.9 Å². The van der Waals surface area contributed by atoms with E-state index in [0.717, 1.165) is 41.2 Å². The lowest BCUT2D eigenvalue weighted by atomic mass is 10.0. The fraction of sp³-hybridized carbons (Fsp3) is 0.500. The number of sulfone groups is 1. The van der Waals surface area contributed by atoms with Crippen molar-refractivity contribution in [3.05, 3.63) is 59.0 Å². The molecule has 5 rings (SSSR count). The number of amides is 1. The highest BCUT2D eigenvalue weighted by Gasteiger charge is 2.32. The van der Waals surface area contributed by atoms with Gasteiger partial charge in [0.15, 0.2) is 9.84 Å². The molecule has 1 N–H and O–H groups in total. The van der Waals surface area contributed by atoms with Crippen molar-refractivity contribution in [1.29, 1.82) is 0 Å². The van der Waals surface area contributed by atoms with Crippen LogP contribution in [0.2, 0.25) is 0 Å². The first kappa shape index (κ1) is 33.4. The first-order valence-corrected chi connectivity index (χ1v) is 17.1. The minimum atomic E-state index is -3.31. The van der Waals surface area contributed by atoms with Gasteiger partial charge in [-0.15, -0.1) is 0 Å². The Kier molecular flexibility index (Phi) is 10.3. The molecule has 0 atom stereocenters. The number of carbonyl (C=O) groups excluding carboxylic acids is 1. The average Bonchev–Trinajstić information content (AvgIpc) is 3.00. The Morgan fingerprint density at radius 2 is 1.85 bits per heavy atom. The molecule has 1 amide bonds. The maximum atomic E-state index is 13.1. The second-order valence-corrected chi connectivity index (χ2v) is 14.4. The summed E-state index contributed by atoms with van der Waals surface area (Å²) in [5.41, 5.74) is 5.16. The molecule has 1 aromatic carbocycles. The van der Waals surface area contributed by atoms with E-state index >= 15 is 0 Å². The summed E-state index contributed by atoms with van der Waals surface area (Å²) >= 11 is 0. The second-order valence-electron chi connectivity index (χ2n) is 12.3.